The molecule has 2 N–H and O–H groups in total. The Bertz CT molecular complexity index is 694. The SMILES string of the molecule is O=C(CCc1cccnc1)NCc1ccc(NC(=O)C2CC2)cc1. The van der Waals surface area contributed by atoms with E-state index in [1.165, 1.54) is 0 Å². The normalized spacial score (nSPS) is 13.3. The molecule has 2 amide bonds. The molecule has 124 valence electrons. The molecule has 2 aromatic rings. The molecule has 1 heterocycles. The summed E-state index contributed by atoms with van der Waals surface area (Å²) >= 11 is 0. The van der Waals surface area contributed by atoms with Gasteiger partial charge in [-0.2, -0.15) is 0 Å². The average molecular weight is 323 g/mol. The van der Waals surface area contributed by atoms with Gasteiger partial charge in [0.1, 0.15) is 0 Å². The maximum Gasteiger partial charge on any atom is 0.227 e. The van der Waals surface area contributed by atoms with Gasteiger partial charge >= 0.3 is 0 Å². The fourth-order valence-corrected chi connectivity index (χ4v) is 2.39. The molecule has 1 aliphatic carbocycles. The number of benzene rings is 1. The van der Waals surface area contributed by atoms with Crippen molar-refractivity contribution in [1.82, 2.24) is 10.3 Å². The van der Waals surface area contributed by atoms with Crippen LogP contribution >= 0.6 is 0 Å². The summed E-state index contributed by atoms with van der Waals surface area (Å²) in [6, 6.07) is 11.4. The second kappa shape index (κ2) is 7.73. The van der Waals surface area contributed by atoms with E-state index < -0.39 is 0 Å². The van der Waals surface area contributed by atoms with Crippen LogP contribution in [-0.2, 0) is 22.6 Å². The number of rotatable bonds is 7. The minimum Gasteiger partial charge on any atom is -0.352 e. The summed E-state index contributed by atoms with van der Waals surface area (Å²) in [7, 11) is 0. The van der Waals surface area contributed by atoms with Crippen molar-refractivity contribution in [1.29, 1.82) is 0 Å². The highest BCUT2D eigenvalue weighted by molar-refractivity contribution is 5.94. The molecule has 0 spiro atoms. The van der Waals surface area contributed by atoms with E-state index in [1.807, 2.05) is 36.4 Å². The summed E-state index contributed by atoms with van der Waals surface area (Å²) in [4.78, 5) is 27.6. The van der Waals surface area contributed by atoms with Crippen LogP contribution in [0.3, 0.4) is 0 Å². The zero-order valence-corrected chi connectivity index (χ0v) is 13.5. The van der Waals surface area contributed by atoms with E-state index in [4.69, 9.17) is 0 Å². The van der Waals surface area contributed by atoms with Crippen LogP contribution in [0.1, 0.15) is 30.4 Å². The Morgan fingerprint density at radius 2 is 1.88 bits per heavy atom. The van der Waals surface area contributed by atoms with Gasteiger partial charge in [0.25, 0.3) is 0 Å². The number of pyridine rings is 1. The molecule has 1 saturated carbocycles. The number of carbonyl (C=O) groups is 2. The van der Waals surface area contributed by atoms with E-state index in [0.29, 0.717) is 19.4 Å². The summed E-state index contributed by atoms with van der Waals surface area (Å²) in [6.07, 6.45) is 6.62. The molecule has 5 nitrogen and oxygen atoms in total. The van der Waals surface area contributed by atoms with Crippen LogP contribution in [0.5, 0.6) is 0 Å². The zero-order chi connectivity index (χ0) is 16.8. The van der Waals surface area contributed by atoms with Gasteiger partial charge in [0, 0.05) is 37.0 Å². The predicted molar refractivity (Wildman–Crippen MR) is 92.2 cm³/mol. The standard InChI is InChI=1S/C19H21N3O2/c23-18(10-5-14-2-1-11-20-12-14)21-13-15-3-8-17(9-4-15)22-19(24)16-6-7-16/h1-4,8-9,11-12,16H,5-7,10,13H2,(H,21,23)(H,22,24). The topological polar surface area (TPSA) is 71.1 Å². The summed E-state index contributed by atoms with van der Waals surface area (Å²) in [5, 5.41) is 5.81. The first-order valence-corrected chi connectivity index (χ1v) is 8.26. The number of anilines is 1. The summed E-state index contributed by atoms with van der Waals surface area (Å²) < 4.78 is 0. The minimum atomic E-state index is 0.0185. The first-order chi connectivity index (χ1) is 11.7. The molecule has 0 atom stereocenters. The lowest BCUT2D eigenvalue weighted by Gasteiger charge is -2.08. The molecule has 0 radical (unpaired) electrons. The van der Waals surface area contributed by atoms with Crippen LogP contribution in [0.15, 0.2) is 48.8 Å². The Morgan fingerprint density at radius 3 is 2.54 bits per heavy atom. The molecular formula is C19H21N3O2. The molecule has 0 bridgehead atoms. The maximum absolute atomic E-state index is 11.9. The molecule has 0 aliphatic heterocycles. The first kappa shape index (κ1) is 16.2. The van der Waals surface area contributed by atoms with Crippen LogP contribution in [0.25, 0.3) is 0 Å². The first-order valence-electron chi connectivity index (χ1n) is 8.26. The Morgan fingerprint density at radius 1 is 1.08 bits per heavy atom. The van der Waals surface area contributed by atoms with Crippen molar-refractivity contribution in [3.05, 3.63) is 59.9 Å². The Labute approximate surface area is 141 Å². The van der Waals surface area contributed by atoms with Gasteiger partial charge in [-0.25, -0.2) is 0 Å². The number of aromatic nitrogens is 1. The van der Waals surface area contributed by atoms with Crippen molar-refractivity contribution in [2.45, 2.75) is 32.2 Å². The van der Waals surface area contributed by atoms with E-state index in [2.05, 4.69) is 15.6 Å². The third-order valence-electron chi connectivity index (χ3n) is 4.02. The molecule has 1 aromatic heterocycles. The van der Waals surface area contributed by atoms with Gasteiger partial charge in [0.15, 0.2) is 0 Å². The fraction of sp³-hybridized carbons (Fsp3) is 0.316. The molecule has 1 aromatic carbocycles. The summed E-state index contributed by atoms with van der Waals surface area (Å²) in [5.41, 5.74) is 2.87. The van der Waals surface area contributed by atoms with E-state index in [9.17, 15) is 9.59 Å². The number of amides is 2. The Kier molecular flexibility index (Phi) is 5.21. The molecule has 0 saturated heterocycles. The molecule has 3 rings (SSSR count). The zero-order valence-electron chi connectivity index (χ0n) is 13.5. The number of nitrogens with one attached hydrogen (secondary N) is 2. The van der Waals surface area contributed by atoms with Gasteiger partial charge < -0.3 is 10.6 Å². The van der Waals surface area contributed by atoms with Gasteiger partial charge in [0.05, 0.1) is 0 Å². The van der Waals surface area contributed by atoms with Crippen molar-refractivity contribution >= 4 is 17.5 Å². The van der Waals surface area contributed by atoms with Crippen LogP contribution in [0.4, 0.5) is 5.69 Å². The van der Waals surface area contributed by atoms with Crippen LogP contribution in [-0.4, -0.2) is 16.8 Å². The second-order valence-corrected chi connectivity index (χ2v) is 6.10. The van der Waals surface area contributed by atoms with Gasteiger partial charge in [-0.1, -0.05) is 18.2 Å². The third kappa shape index (κ3) is 4.91. The number of nitrogens with zero attached hydrogens (tertiary/aromatic N) is 1. The minimum absolute atomic E-state index is 0.0185. The maximum atomic E-state index is 11.9. The van der Waals surface area contributed by atoms with Crippen molar-refractivity contribution in [3.8, 4) is 0 Å². The van der Waals surface area contributed by atoms with E-state index in [-0.39, 0.29) is 17.7 Å². The lowest BCUT2D eigenvalue weighted by atomic mass is 10.1. The summed E-state index contributed by atoms with van der Waals surface area (Å²) in [6.45, 7) is 0.489. The van der Waals surface area contributed by atoms with Crippen LogP contribution in [0.2, 0.25) is 0 Å². The molecule has 5 heteroatoms. The smallest absolute Gasteiger partial charge is 0.227 e. The highest BCUT2D eigenvalue weighted by atomic mass is 16.2. The molecular weight excluding hydrogens is 302 g/mol. The fourth-order valence-electron chi connectivity index (χ4n) is 2.39. The van der Waals surface area contributed by atoms with E-state index in [1.54, 1.807) is 12.4 Å². The molecule has 1 aliphatic rings. The van der Waals surface area contributed by atoms with E-state index >= 15 is 0 Å². The summed E-state index contributed by atoms with van der Waals surface area (Å²) in [5.74, 6) is 0.320. The quantitative estimate of drug-likeness (QED) is 0.823. The Hall–Kier alpha value is -2.69. The van der Waals surface area contributed by atoms with Crippen LogP contribution in [0, 0.1) is 5.92 Å². The molecule has 1 fully saturated rings. The van der Waals surface area contributed by atoms with Crippen molar-refractivity contribution in [3.63, 3.8) is 0 Å². The lowest BCUT2D eigenvalue weighted by molar-refractivity contribution is -0.121. The average Bonchev–Trinajstić information content (AvgIpc) is 3.45. The number of hydrogen-bond donors (Lipinski definition) is 2. The van der Waals surface area contributed by atoms with Gasteiger partial charge in [-0.3, -0.25) is 14.6 Å². The monoisotopic (exact) mass is 323 g/mol. The number of carbonyl (C=O) groups excluding carboxylic acids is 2. The number of aryl methyl sites for hydroxylation is 1. The molecule has 24 heavy (non-hydrogen) atoms. The van der Waals surface area contributed by atoms with Gasteiger partial charge in [-0.05, 0) is 48.6 Å². The van der Waals surface area contributed by atoms with Crippen LogP contribution < -0.4 is 10.6 Å². The van der Waals surface area contributed by atoms with Gasteiger partial charge in [-0.15, -0.1) is 0 Å². The second-order valence-electron chi connectivity index (χ2n) is 6.10. The van der Waals surface area contributed by atoms with Crippen molar-refractivity contribution < 1.29 is 9.59 Å². The third-order valence-corrected chi connectivity index (χ3v) is 4.02. The van der Waals surface area contributed by atoms with Gasteiger partial charge in [0.2, 0.25) is 11.8 Å². The highest BCUT2D eigenvalue weighted by Gasteiger charge is 2.29. The largest absolute Gasteiger partial charge is 0.352 e. The lowest BCUT2D eigenvalue weighted by Crippen LogP contribution is -2.23. The number of hydrogen-bond acceptors (Lipinski definition) is 3. The predicted octanol–water partition coefficient (Wildman–Crippen LogP) is 2.68. The molecule has 0 unspecified atom stereocenters. The van der Waals surface area contributed by atoms with E-state index in [0.717, 1.165) is 29.7 Å². The Balaban J connectivity index is 1.40. The van der Waals surface area contributed by atoms with Crippen molar-refractivity contribution in [2.24, 2.45) is 5.92 Å². The highest BCUT2D eigenvalue weighted by Crippen LogP contribution is 2.30. The van der Waals surface area contributed by atoms with Crippen molar-refractivity contribution in [2.75, 3.05) is 5.32 Å².